The number of hydrogen-bond acceptors (Lipinski definition) is 7. The van der Waals surface area contributed by atoms with E-state index < -0.39 is 10.5 Å². The van der Waals surface area contributed by atoms with E-state index in [1.165, 1.54) is 6.07 Å². The number of non-ortho nitro benzene ring substituents is 1. The number of carbonyl (C=O) groups is 2. The fourth-order valence-electron chi connectivity index (χ4n) is 4.78. The highest BCUT2D eigenvalue weighted by atomic mass is 16.6. The van der Waals surface area contributed by atoms with Crippen LogP contribution in [0.2, 0.25) is 0 Å². The van der Waals surface area contributed by atoms with Gasteiger partial charge in [0.15, 0.2) is 0 Å². The summed E-state index contributed by atoms with van der Waals surface area (Å²) < 4.78 is 7.24. The van der Waals surface area contributed by atoms with Crippen LogP contribution in [0.3, 0.4) is 0 Å². The highest BCUT2D eigenvalue weighted by molar-refractivity contribution is 5.81. The fraction of sp³-hybridized carbons (Fsp3) is 0.625. The van der Waals surface area contributed by atoms with Crippen molar-refractivity contribution in [2.45, 2.75) is 64.8 Å². The highest BCUT2D eigenvalue weighted by Crippen LogP contribution is 2.23. The SMILES string of the molecule is CC(C)(C)OC(=O)N1CCC[C@@H](C(=O)N[C@@H]2CCCN(Cn3ncc4ccc([N+](=O)[O-])cc43)C2)C1. The average molecular weight is 487 g/mol. The summed E-state index contributed by atoms with van der Waals surface area (Å²) in [5.74, 6) is -0.271. The third kappa shape index (κ3) is 6.27. The number of hydrogen-bond donors (Lipinski definition) is 1. The zero-order chi connectivity index (χ0) is 25.2. The van der Waals surface area contributed by atoms with Gasteiger partial charge in [0.2, 0.25) is 5.91 Å². The van der Waals surface area contributed by atoms with Crippen LogP contribution in [-0.4, -0.2) is 74.3 Å². The predicted molar refractivity (Wildman–Crippen MR) is 130 cm³/mol. The van der Waals surface area contributed by atoms with Gasteiger partial charge in [-0.1, -0.05) is 0 Å². The zero-order valence-corrected chi connectivity index (χ0v) is 20.6. The molecule has 2 aliphatic heterocycles. The Kier molecular flexibility index (Phi) is 7.25. The first kappa shape index (κ1) is 24.9. The number of likely N-dealkylation sites (tertiary alicyclic amines) is 2. The average Bonchev–Trinajstić information content (AvgIpc) is 3.20. The maximum atomic E-state index is 13.0. The maximum absolute atomic E-state index is 13.0. The van der Waals surface area contributed by atoms with E-state index in [2.05, 4.69) is 15.3 Å². The molecule has 3 heterocycles. The van der Waals surface area contributed by atoms with Crippen molar-refractivity contribution >= 4 is 28.6 Å². The van der Waals surface area contributed by atoms with Crippen molar-refractivity contribution in [3.05, 3.63) is 34.5 Å². The van der Waals surface area contributed by atoms with Crippen LogP contribution in [0.5, 0.6) is 0 Å². The van der Waals surface area contributed by atoms with Gasteiger partial charge in [0, 0.05) is 49.7 Å². The molecule has 1 N–H and O–H groups in total. The molecule has 0 aliphatic carbocycles. The van der Waals surface area contributed by atoms with Gasteiger partial charge < -0.3 is 15.0 Å². The van der Waals surface area contributed by atoms with Crippen molar-refractivity contribution in [1.29, 1.82) is 0 Å². The van der Waals surface area contributed by atoms with Crippen LogP contribution < -0.4 is 5.32 Å². The van der Waals surface area contributed by atoms with Gasteiger partial charge in [-0.25, -0.2) is 4.79 Å². The molecule has 2 aromatic rings. The Labute approximate surface area is 204 Å². The molecule has 4 rings (SSSR count). The second-order valence-corrected chi connectivity index (χ2v) is 10.5. The molecule has 35 heavy (non-hydrogen) atoms. The molecule has 190 valence electrons. The van der Waals surface area contributed by atoms with E-state index in [0.29, 0.717) is 26.3 Å². The Morgan fingerprint density at radius 1 is 1.20 bits per heavy atom. The van der Waals surface area contributed by atoms with Crippen LogP contribution >= 0.6 is 0 Å². The number of piperidine rings is 2. The van der Waals surface area contributed by atoms with E-state index in [1.807, 2.05) is 20.8 Å². The van der Waals surface area contributed by atoms with E-state index in [-0.39, 0.29) is 29.6 Å². The summed E-state index contributed by atoms with van der Waals surface area (Å²) in [5, 5.41) is 19.6. The van der Waals surface area contributed by atoms with Crippen LogP contribution in [0, 0.1) is 16.0 Å². The number of nitrogens with one attached hydrogen (secondary N) is 1. The lowest BCUT2D eigenvalue weighted by Gasteiger charge is -2.36. The minimum atomic E-state index is -0.567. The summed E-state index contributed by atoms with van der Waals surface area (Å²) in [4.78, 5) is 40.1. The number of nitro groups is 1. The molecule has 2 atom stereocenters. The smallest absolute Gasteiger partial charge is 0.410 e. The number of carbonyl (C=O) groups excluding carboxylic acids is 2. The van der Waals surface area contributed by atoms with Gasteiger partial charge in [-0.05, 0) is 52.5 Å². The van der Waals surface area contributed by atoms with Crippen molar-refractivity contribution in [3.63, 3.8) is 0 Å². The third-order valence-electron chi connectivity index (χ3n) is 6.47. The lowest BCUT2D eigenvalue weighted by Crippen LogP contribution is -2.52. The van der Waals surface area contributed by atoms with Gasteiger partial charge in [0.1, 0.15) is 5.60 Å². The minimum absolute atomic E-state index is 0.00400. The topological polar surface area (TPSA) is 123 Å². The van der Waals surface area contributed by atoms with Crippen LogP contribution in [0.25, 0.3) is 10.9 Å². The van der Waals surface area contributed by atoms with E-state index in [1.54, 1.807) is 27.9 Å². The molecule has 11 nitrogen and oxygen atoms in total. The minimum Gasteiger partial charge on any atom is -0.444 e. The standard InChI is InChI=1S/C24H34N6O5/c1-24(2,3)35-23(32)28-11-4-6-18(14-28)22(31)26-19-7-5-10-27(15-19)16-29-21-12-20(30(33)34)9-8-17(21)13-25-29/h8-9,12-13,18-19H,4-7,10-11,14-16H2,1-3H3,(H,26,31)/t18-,19-/m1/s1. The largest absolute Gasteiger partial charge is 0.444 e. The Hall–Kier alpha value is -3.21. The van der Waals surface area contributed by atoms with Crippen molar-refractivity contribution < 1.29 is 19.2 Å². The number of aromatic nitrogens is 2. The third-order valence-corrected chi connectivity index (χ3v) is 6.47. The summed E-state index contributed by atoms with van der Waals surface area (Å²) in [6, 6.07) is 4.74. The number of amides is 2. The van der Waals surface area contributed by atoms with Crippen LogP contribution in [-0.2, 0) is 16.2 Å². The second-order valence-electron chi connectivity index (χ2n) is 10.5. The molecule has 0 unspecified atom stereocenters. The van der Waals surface area contributed by atoms with E-state index >= 15 is 0 Å². The first-order valence-corrected chi connectivity index (χ1v) is 12.2. The molecular formula is C24H34N6O5. The maximum Gasteiger partial charge on any atom is 0.410 e. The van der Waals surface area contributed by atoms with E-state index in [9.17, 15) is 19.7 Å². The zero-order valence-electron chi connectivity index (χ0n) is 20.6. The molecule has 1 aromatic carbocycles. The summed E-state index contributed by atoms with van der Waals surface area (Å²) in [6.07, 6.45) is 4.67. The predicted octanol–water partition coefficient (Wildman–Crippen LogP) is 3.13. The molecule has 0 bridgehead atoms. The summed E-state index contributed by atoms with van der Waals surface area (Å²) in [6.45, 7) is 8.50. The molecule has 2 fully saturated rings. The highest BCUT2D eigenvalue weighted by Gasteiger charge is 2.32. The van der Waals surface area contributed by atoms with Crippen molar-refractivity contribution in [1.82, 2.24) is 24.9 Å². The Bertz CT molecular complexity index is 1090. The number of rotatable bonds is 5. The van der Waals surface area contributed by atoms with Crippen LogP contribution in [0.4, 0.5) is 10.5 Å². The van der Waals surface area contributed by atoms with Crippen LogP contribution in [0.1, 0.15) is 46.5 Å². The molecule has 2 aliphatic rings. The van der Waals surface area contributed by atoms with Crippen molar-refractivity contribution in [3.8, 4) is 0 Å². The molecule has 0 saturated carbocycles. The fourth-order valence-corrected chi connectivity index (χ4v) is 4.78. The monoisotopic (exact) mass is 486 g/mol. The van der Waals surface area contributed by atoms with Gasteiger partial charge in [0.25, 0.3) is 5.69 Å². The van der Waals surface area contributed by atoms with Crippen molar-refractivity contribution in [2.24, 2.45) is 5.92 Å². The van der Waals surface area contributed by atoms with Crippen LogP contribution in [0.15, 0.2) is 24.4 Å². The molecule has 0 radical (unpaired) electrons. The number of benzene rings is 1. The van der Waals surface area contributed by atoms with Crippen molar-refractivity contribution in [2.75, 3.05) is 26.2 Å². The van der Waals surface area contributed by atoms with Gasteiger partial charge >= 0.3 is 6.09 Å². The first-order valence-electron chi connectivity index (χ1n) is 12.2. The van der Waals surface area contributed by atoms with Gasteiger partial charge in [0.05, 0.1) is 29.2 Å². The molecule has 0 spiro atoms. The quantitative estimate of drug-likeness (QED) is 0.509. The van der Waals surface area contributed by atoms with Gasteiger partial charge in [-0.15, -0.1) is 0 Å². The second kappa shape index (κ2) is 10.2. The Morgan fingerprint density at radius 2 is 1.97 bits per heavy atom. The number of fused-ring (bicyclic) bond motifs is 1. The summed E-state index contributed by atoms with van der Waals surface area (Å²) in [5.41, 5.74) is 0.189. The first-order chi connectivity index (χ1) is 16.6. The number of nitro benzene ring substituents is 1. The number of ether oxygens (including phenoxy) is 1. The summed E-state index contributed by atoms with van der Waals surface area (Å²) >= 11 is 0. The van der Waals surface area contributed by atoms with Gasteiger partial charge in [-0.2, -0.15) is 5.10 Å². The molecule has 11 heteroatoms. The molecule has 1 aromatic heterocycles. The van der Waals surface area contributed by atoms with E-state index in [0.717, 1.165) is 43.1 Å². The molecule has 2 amide bonds. The Balaban J connectivity index is 1.33. The molecule has 2 saturated heterocycles. The summed E-state index contributed by atoms with van der Waals surface area (Å²) in [7, 11) is 0. The van der Waals surface area contributed by atoms with Gasteiger partial charge in [-0.3, -0.25) is 24.5 Å². The number of nitrogens with zero attached hydrogens (tertiary/aromatic N) is 5. The normalized spacial score (nSPS) is 21.6. The van der Waals surface area contributed by atoms with E-state index in [4.69, 9.17) is 4.74 Å². The Morgan fingerprint density at radius 3 is 2.71 bits per heavy atom. The lowest BCUT2D eigenvalue weighted by molar-refractivity contribution is -0.384. The molecular weight excluding hydrogens is 452 g/mol. The lowest BCUT2D eigenvalue weighted by atomic mass is 9.96.